The van der Waals surface area contributed by atoms with Crippen molar-refractivity contribution in [3.05, 3.63) is 52.7 Å². The summed E-state index contributed by atoms with van der Waals surface area (Å²) in [4.78, 5) is 34.2. The summed E-state index contributed by atoms with van der Waals surface area (Å²) < 4.78 is 47.2. The number of aromatic nitrogens is 1. The summed E-state index contributed by atoms with van der Waals surface area (Å²) in [6.07, 6.45) is -1.98. The van der Waals surface area contributed by atoms with E-state index < -0.39 is 23.2 Å². The van der Waals surface area contributed by atoms with Gasteiger partial charge in [-0.2, -0.15) is 13.2 Å². The smallest absolute Gasteiger partial charge is 0.430 e. The Morgan fingerprint density at radius 3 is 2.42 bits per heavy atom. The summed E-state index contributed by atoms with van der Waals surface area (Å²) in [5, 5.41) is 10.9. The fourth-order valence-electron chi connectivity index (χ4n) is 5.62. The molecule has 1 unspecified atom stereocenters. The van der Waals surface area contributed by atoms with E-state index in [4.69, 9.17) is 16.3 Å². The Kier molecular flexibility index (Phi) is 8.29. The number of hydrogen-bond donors (Lipinski definition) is 1. The minimum Gasteiger partial charge on any atom is -0.497 e. The first-order valence-electron chi connectivity index (χ1n) is 13.1. The molecule has 1 aliphatic heterocycles. The highest BCUT2D eigenvalue weighted by Crippen LogP contribution is 2.61. The molecular weight excluding hydrogens is 549 g/mol. The highest BCUT2D eigenvalue weighted by atomic mass is 35.5. The maximum absolute atomic E-state index is 14.1. The largest absolute Gasteiger partial charge is 0.497 e. The van der Waals surface area contributed by atoms with Gasteiger partial charge in [-0.05, 0) is 61.3 Å². The van der Waals surface area contributed by atoms with E-state index in [1.54, 1.807) is 26.2 Å². The van der Waals surface area contributed by atoms with Gasteiger partial charge in [-0.25, -0.2) is 4.98 Å². The van der Waals surface area contributed by atoms with Crippen molar-refractivity contribution < 1.29 is 32.6 Å². The van der Waals surface area contributed by atoms with Crippen molar-refractivity contribution in [2.45, 2.75) is 37.5 Å². The molecule has 1 N–H and O–H groups in total. The number of anilines is 1. The monoisotopic (exact) mass is 582 g/mol. The van der Waals surface area contributed by atoms with Crippen molar-refractivity contribution in [3.8, 4) is 5.75 Å². The number of pyridine rings is 1. The Bertz CT molecular complexity index is 1270. The van der Waals surface area contributed by atoms with Crippen molar-refractivity contribution in [1.29, 1.82) is 0 Å². The maximum atomic E-state index is 14.1. The van der Waals surface area contributed by atoms with E-state index in [0.717, 1.165) is 49.4 Å². The van der Waals surface area contributed by atoms with E-state index in [0.29, 0.717) is 17.8 Å². The number of hydrogen-bond acceptors (Lipinski definition) is 6. The van der Waals surface area contributed by atoms with Crippen LogP contribution in [0.3, 0.4) is 0 Å². The van der Waals surface area contributed by atoms with E-state index in [-0.39, 0.29) is 34.7 Å². The van der Waals surface area contributed by atoms with E-state index in [1.165, 1.54) is 31.2 Å². The Morgan fingerprint density at radius 2 is 1.85 bits per heavy atom. The SMILES string of the molecule is COc1cccc(C(O)(C(=O)N(C)CC[C@H]2CC23CCN(c2ccc(C(=O)N(C)C)c(Cl)n2)CC3)C(F)(F)F)c1. The zero-order chi connectivity index (χ0) is 29.5. The highest BCUT2D eigenvalue weighted by molar-refractivity contribution is 6.32. The fraction of sp³-hybridized carbons (Fsp3) is 0.536. The number of amides is 2. The Labute approximate surface area is 236 Å². The molecule has 2 fully saturated rings. The van der Waals surface area contributed by atoms with Gasteiger partial charge < -0.3 is 24.5 Å². The minimum absolute atomic E-state index is 0.0815. The van der Waals surface area contributed by atoms with Crippen LogP contribution in [0.15, 0.2) is 36.4 Å². The number of alkyl halides is 3. The standard InChI is InChI=1S/C28H34ClF3N4O4/c1-34(2)24(37)21-8-9-22(33-23(21)29)36-14-11-26(12-15-36)17-19(26)10-13-35(3)25(38)27(39,28(30,31)32)18-6-5-7-20(16-18)40-4/h5-9,16,19,39H,10-15,17H2,1-4H3/t19-,27?/m0/s1. The van der Waals surface area contributed by atoms with Crippen LogP contribution in [0.5, 0.6) is 5.75 Å². The van der Waals surface area contributed by atoms with Crippen LogP contribution in [0.1, 0.15) is 41.6 Å². The zero-order valence-corrected chi connectivity index (χ0v) is 23.7. The molecule has 1 saturated heterocycles. The van der Waals surface area contributed by atoms with Crippen molar-refractivity contribution in [1.82, 2.24) is 14.8 Å². The molecule has 2 aliphatic rings. The van der Waals surface area contributed by atoms with Crippen molar-refractivity contribution in [2.75, 3.05) is 52.8 Å². The topological polar surface area (TPSA) is 86.2 Å². The van der Waals surface area contributed by atoms with Crippen LogP contribution in [0.4, 0.5) is 19.0 Å². The van der Waals surface area contributed by atoms with Crippen LogP contribution in [-0.4, -0.2) is 85.8 Å². The minimum atomic E-state index is -5.22. The number of carbonyl (C=O) groups excluding carboxylic acids is 2. The number of aliphatic hydroxyl groups is 1. The quantitative estimate of drug-likeness (QED) is 0.466. The average molecular weight is 583 g/mol. The number of rotatable bonds is 8. The van der Waals surface area contributed by atoms with Gasteiger partial charge in [-0.3, -0.25) is 9.59 Å². The first kappa shape index (κ1) is 29.9. The predicted octanol–water partition coefficient (Wildman–Crippen LogP) is 4.35. The molecule has 12 heteroatoms. The molecular formula is C28H34ClF3N4O4. The average Bonchev–Trinajstić information content (AvgIpc) is 3.60. The molecule has 4 rings (SSSR count). The molecule has 218 valence electrons. The van der Waals surface area contributed by atoms with Gasteiger partial charge >= 0.3 is 6.18 Å². The molecule has 0 bridgehead atoms. The molecule has 2 atom stereocenters. The van der Waals surface area contributed by atoms with Crippen molar-refractivity contribution >= 4 is 29.2 Å². The lowest BCUT2D eigenvalue weighted by atomic mass is 9.89. The molecule has 1 spiro atoms. The first-order chi connectivity index (χ1) is 18.7. The molecule has 8 nitrogen and oxygen atoms in total. The van der Waals surface area contributed by atoms with Crippen molar-refractivity contribution in [2.24, 2.45) is 11.3 Å². The number of nitrogens with zero attached hydrogens (tertiary/aromatic N) is 4. The highest BCUT2D eigenvalue weighted by Gasteiger charge is 2.62. The molecule has 1 aromatic carbocycles. The summed E-state index contributed by atoms with van der Waals surface area (Å²) in [5.41, 5.74) is -3.84. The van der Waals surface area contributed by atoms with Crippen LogP contribution in [-0.2, 0) is 10.4 Å². The third-order valence-corrected chi connectivity index (χ3v) is 8.57. The number of likely N-dealkylation sites (N-methyl/N-ethyl adjacent to an activating group) is 1. The van der Waals surface area contributed by atoms with Gasteiger partial charge in [0.15, 0.2) is 0 Å². The lowest BCUT2D eigenvalue weighted by Gasteiger charge is -2.35. The number of halogens is 4. The Balaban J connectivity index is 1.35. The van der Waals surface area contributed by atoms with E-state index in [9.17, 15) is 27.9 Å². The van der Waals surface area contributed by atoms with Gasteiger partial charge in [0.1, 0.15) is 16.7 Å². The van der Waals surface area contributed by atoms with Crippen LogP contribution < -0.4 is 9.64 Å². The zero-order valence-electron chi connectivity index (χ0n) is 23.0. The summed E-state index contributed by atoms with van der Waals surface area (Å²) >= 11 is 6.28. The number of benzene rings is 1. The van der Waals surface area contributed by atoms with Gasteiger partial charge in [-0.15, -0.1) is 0 Å². The fourth-order valence-corrected chi connectivity index (χ4v) is 5.85. The lowest BCUT2D eigenvalue weighted by molar-refractivity contribution is -0.261. The summed E-state index contributed by atoms with van der Waals surface area (Å²) in [6, 6.07) is 8.31. The van der Waals surface area contributed by atoms with Crippen molar-refractivity contribution in [3.63, 3.8) is 0 Å². The number of piperidine rings is 1. The van der Waals surface area contributed by atoms with Crippen LogP contribution in [0.2, 0.25) is 5.15 Å². The molecule has 2 heterocycles. The van der Waals surface area contributed by atoms with E-state index in [2.05, 4.69) is 9.88 Å². The first-order valence-corrected chi connectivity index (χ1v) is 13.4. The molecule has 1 aromatic heterocycles. The number of ether oxygens (including phenoxy) is 1. The number of methoxy groups -OCH3 is 1. The van der Waals surface area contributed by atoms with Crippen LogP contribution >= 0.6 is 11.6 Å². The molecule has 0 radical (unpaired) electrons. The molecule has 2 amide bonds. The van der Waals surface area contributed by atoms with Crippen LogP contribution in [0, 0.1) is 11.3 Å². The van der Waals surface area contributed by atoms with Gasteiger partial charge in [-0.1, -0.05) is 23.7 Å². The number of carbonyl (C=O) groups is 2. The van der Waals surface area contributed by atoms with E-state index >= 15 is 0 Å². The third-order valence-electron chi connectivity index (χ3n) is 8.28. The molecule has 1 aliphatic carbocycles. The second kappa shape index (κ2) is 11.1. The van der Waals surface area contributed by atoms with Gasteiger partial charge in [0.2, 0.25) is 0 Å². The van der Waals surface area contributed by atoms with Gasteiger partial charge in [0.05, 0.1) is 12.7 Å². The summed E-state index contributed by atoms with van der Waals surface area (Å²) in [7, 11) is 5.88. The van der Waals surface area contributed by atoms with E-state index in [1.807, 2.05) is 0 Å². The Morgan fingerprint density at radius 1 is 1.18 bits per heavy atom. The molecule has 1 saturated carbocycles. The second-order valence-corrected chi connectivity index (χ2v) is 11.3. The van der Waals surface area contributed by atoms with Crippen LogP contribution in [0.25, 0.3) is 0 Å². The molecule has 2 aromatic rings. The normalized spacial score (nSPS) is 19.6. The molecule has 40 heavy (non-hydrogen) atoms. The Hall–Kier alpha value is -3.05. The lowest BCUT2D eigenvalue weighted by Crippen LogP contribution is -2.55. The third kappa shape index (κ3) is 5.58. The summed E-state index contributed by atoms with van der Waals surface area (Å²) in [6.45, 7) is 1.56. The maximum Gasteiger partial charge on any atom is 0.430 e. The second-order valence-electron chi connectivity index (χ2n) is 10.9. The predicted molar refractivity (Wildman–Crippen MR) is 144 cm³/mol. The van der Waals surface area contributed by atoms with Gasteiger partial charge in [0.25, 0.3) is 17.4 Å². The van der Waals surface area contributed by atoms with Gasteiger partial charge in [0, 0.05) is 46.3 Å². The summed E-state index contributed by atoms with van der Waals surface area (Å²) in [5.74, 6) is -0.559.